The van der Waals surface area contributed by atoms with Gasteiger partial charge in [0.2, 0.25) is 0 Å². The predicted molar refractivity (Wildman–Crippen MR) is 52.2 cm³/mol. The quantitative estimate of drug-likeness (QED) is 0.624. The van der Waals surface area contributed by atoms with Crippen molar-refractivity contribution in [1.29, 1.82) is 0 Å². The number of hydrogen-bond donors (Lipinski definition) is 0. The molecule has 0 nitrogen and oxygen atoms in total. The predicted octanol–water partition coefficient (Wildman–Crippen LogP) is 1.05. The molecule has 0 spiro atoms. The molecule has 53 valence electrons. The first-order chi connectivity index (χ1) is 5.29. The van der Waals surface area contributed by atoms with Crippen LogP contribution in [0.25, 0.3) is 0 Å². The molecule has 0 bridgehead atoms. The average Bonchev–Trinajstić information content (AvgIpc) is 2.03. The highest BCUT2D eigenvalue weighted by Crippen LogP contribution is 2.02. The highest BCUT2D eigenvalue weighted by molar-refractivity contribution is 7.29. The highest BCUT2D eigenvalue weighted by atomic mass is 29.5. The summed E-state index contributed by atoms with van der Waals surface area (Å²) in [5.74, 6) is 0. The van der Waals surface area contributed by atoms with Crippen LogP contribution >= 0.6 is 0 Å². The van der Waals surface area contributed by atoms with Crippen LogP contribution in [0.2, 0.25) is 6.04 Å². The maximum absolute atomic E-state index is 3.59. The lowest BCUT2D eigenvalue weighted by molar-refractivity contribution is 1.13. The van der Waals surface area contributed by atoms with Gasteiger partial charge in [-0.2, -0.15) is 0 Å². The Morgan fingerprint density at radius 3 is 2.27 bits per heavy atom. The SMILES string of the molecule is [Si][Si]([Si])CCc1ccccc1. The second-order valence-corrected chi connectivity index (χ2v) is 9.04. The lowest BCUT2D eigenvalue weighted by Gasteiger charge is -2.01. The van der Waals surface area contributed by atoms with Gasteiger partial charge in [0, 0.05) is 27.4 Å². The topological polar surface area (TPSA) is 0 Å². The minimum atomic E-state index is -0.421. The molecule has 0 fully saturated rings. The van der Waals surface area contributed by atoms with Gasteiger partial charge in [0.05, 0.1) is 0 Å². The summed E-state index contributed by atoms with van der Waals surface area (Å²) in [7, 11) is 6.77. The summed E-state index contributed by atoms with van der Waals surface area (Å²) in [6.07, 6.45) is 1.17. The molecule has 0 aliphatic rings. The first-order valence-electron chi connectivity index (χ1n) is 3.62. The van der Waals surface area contributed by atoms with Crippen LogP contribution in [0, 0.1) is 0 Å². The third kappa shape index (κ3) is 3.69. The molecule has 0 heterocycles. The van der Waals surface area contributed by atoms with E-state index in [0.717, 1.165) is 0 Å². The molecule has 11 heavy (non-hydrogen) atoms. The molecule has 0 aromatic heterocycles. The number of aryl methyl sites for hydroxylation is 1. The van der Waals surface area contributed by atoms with Gasteiger partial charge in [0.15, 0.2) is 0 Å². The van der Waals surface area contributed by atoms with E-state index < -0.39 is 7.83 Å². The van der Waals surface area contributed by atoms with Crippen LogP contribution in [0.15, 0.2) is 30.3 Å². The molecule has 1 aromatic carbocycles. The summed E-state index contributed by atoms with van der Waals surface area (Å²) in [4.78, 5) is 0. The molecule has 3 heteroatoms. The van der Waals surface area contributed by atoms with Gasteiger partial charge in [-0.15, -0.1) is 0 Å². The van der Waals surface area contributed by atoms with Crippen molar-refractivity contribution in [3.8, 4) is 0 Å². The molecule has 0 N–H and O–H groups in total. The van der Waals surface area contributed by atoms with Gasteiger partial charge < -0.3 is 0 Å². The number of rotatable bonds is 3. The Hall–Kier alpha value is -0.129. The monoisotopic (exact) mass is 189 g/mol. The van der Waals surface area contributed by atoms with Crippen molar-refractivity contribution in [3.05, 3.63) is 35.9 Å². The van der Waals surface area contributed by atoms with Gasteiger partial charge in [-0.05, 0) is 12.0 Å². The van der Waals surface area contributed by atoms with E-state index in [-0.39, 0.29) is 0 Å². The van der Waals surface area contributed by atoms with Crippen molar-refractivity contribution in [2.45, 2.75) is 12.5 Å². The molecule has 0 saturated carbocycles. The summed E-state index contributed by atoms with van der Waals surface area (Å²) in [6.45, 7) is 0. The molecule has 7 radical (unpaired) electrons. The first kappa shape index (κ1) is 8.96. The standard InChI is InChI=1S/C8H9Si3/c9-11(10)7-6-8-4-2-1-3-5-8/h1-5H,6-7H2. The Morgan fingerprint density at radius 1 is 1.09 bits per heavy atom. The Bertz CT molecular complexity index is 196. The van der Waals surface area contributed by atoms with E-state index in [0.29, 0.717) is 0 Å². The summed E-state index contributed by atoms with van der Waals surface area (Å²) in [6, 6.07) is 11.8. The molecule has 0 aliphatic carbocycles. The van der Waals surface area contributed by atoms with Gasteiger partial charge in [-0.25, -0.2) is 0 Å². The fourth-order valence-corrected chi connectivity index (χ4v) is 2.20. The van der Waals surface area contributed by atoms with Crippen molar-refractivity contribution < 1.29 is 0 Å². The second kappa shape index (κ2) is 4.69. The second-order valence-electron chi connectivity index (χ2n) is 2.46. The fourth-order valence-electron chi connectivity index (χ4n) is 0.914. The van der Waals surface area contributed by atoms with Crippen LogP contribution < -0.4 is 0 Å². The maximum atomic E-state index is 3.59. The fraction of sp³-hybridized carbons (Fsp3) is 0.250. The number of benzene rings is 1. The van der Waals surface area contributed by atoms with Gasteiger partial charge in [0.25, 0.3) is 0 Å². The van der Waals surface area contributed by atoms with Crippen LogP contribution in [0.3, 0.4) is 0 Å². The lowest BCUT2D eigenvalue weighted by Crippen LogP contribution is -2.13. The molecule has 0 aliphatic heterocycles. The lowest BCUT2D eigenvalue weighted by atomic mass is 10.2. The first-order valence-corrected chi connectivity index (χ1v) is 8.32. The van der Waals surface area contributed by atoms with Crippen molar-refractivity contribution in [1.82, 2.24) is 0 Å². The van der Waals surface area contributed by atoms with Gasteiger partial charge >= 0.3 is 0 Å². The normalized spacial score (nSPS) is 10.5. The Labute approximate surface area is 76.1 Å². The maximum Gasteiger partial charge on any atom is 0.0148 e. The summed E-state index contributed by atoms with van der Waals surface area (Å²) in [5.41, 5.74) is 1.42. The van der Waals surface area contributed by atoms with E-state index >= 15 is 0 Å². The minimum absolute atomic E-state index is 0.421. The molecular formula is C8H9Si3. The minimum Gasteiger partial charge on any atom is -0.0622 e. The molecule has 0 amide bonds. The molecule has 0 atom stereocenters. The Balaban J connectivity index is 2.39. The van der Waals surface area contributed by atoms with Gasteiger partial charge in [0.1, 0.15) is 0 Å². The van der Waals surface area contributed by atoms with E-state index in [1.54, 1.807) is 0 Å². The van der Waals surface area contributed by atoms with Crippen LogP contribution in [0.4, 0.5) is 0 Å². The molecule has 1 rings (SSSR count). The van der Waals surface area contributed by atoms with Crippen LogP contribution in [0.1, 0.15) is 5.56 Å². The van der Waals surface area contributed by atoms with Crippen molar-refractivity contribution in [2.24, 2.45) is 0 Å². The van der Waals surface area contributed by atoms with Crippen LogP contribution in [0.5, 0.6) is 0 Å². The zero-order valence-corrected chi connectivity index (χ0v) is 9.30. The Kier molecular flexibility index (Phi) is 3.82. The zero-order chi connectivity index (χ0) is 8.10. The van der Waals surface area contributed by atoms with Gasteiger partial charge in [-0.3, -0.25) is 0 Å². The van der Waals surface area contributed by atoms with Crippen LogP contribution in [-0.2, 0) is 6.42 Å². The largest absolute Gasteiger partial charge is 0.0622 e. The summed E-state index contributed by atoms with van der Waals surface area (Å²) >= 11 is 0. The summed E-state index contributed by atoms with van der Waals surface area (Å²) in [5, 5.41) is 0. The average molecular weight is 189 g/mol. The van der Waals surface area contributed by atoms with Gasteiger partial charge in [-0.1, -0.05) is 36.4 Å². The van der Waals surface area contributed by atoms with E-state index in [1.807, 2.05) is 0 Å². The third-order valence-electron chi connectivity index (χ3n) is 1.51. The van der Waals surface area contributed by atoms with Crippen LogP contribution in [-0.4, -0.2) is 27.4 Å². The Morgan fingerprint density at radius 2 is 1.73 bits per heavy atom. The zero-order valence-electron chi connectivity index (χ0n) is 6.30. The molecular weight excluding hydrogens is 180 g/mol. The van der Waals surface area contributed by atoms with E-state index in [1.165, 1.54) is 18.0 Å². The molecule has 1 aromatic rings. The summed E-state index contributed by atoms with van der Waals surface area (Å²) < 4.78 is 0. The van der Waals surface area contributed by atoms with Crippen molar-refractivity contribution in [3.63, 3.8) is 0 Å². The smallest absolute Gasteiger partial charge is 0.0148 e. The highest BCUT2D eigenvalue weighted by Gasteiger charge is 1.96. The molecule has 0 unspecified atom stereocenters. The number of hydrogen-bond acceptors (Lipinski definition) is 0. The van der Waals surface area contributed by atoms with E-state index in [2.05, 4.69) is 49.9 Å². The molecule has 0 saturated heterocycles. The van der Waals surface area contributed by atoms with Crippen molar-refractivity contribution >= 4 is 27.4 Å². The van der Waals surface area contributed by atoms with E-state index in [4.69, 9.17) is 0 Å². The third-order valence-corrected chi connectivity index (χ3v) is 3.76. The van der Waals surface area contributed by atoms with Crippen molar-refractivity contribution in [2.75, 3.05) is 0 Å². The van der Waals surface area contributed by atoms with E-state index in [9.17, 15) is 0 Å².